The van der Waals surface area contributed by atoms with E-state index in [1.807, 2.05) is 79.1 Å². The second-order valence-corrected chi connectivity index (χ2v) is 8.50. The van der Waals surface area contributed by atoms with Crippen LogP contribution in [-0.4, -0.2) is 33.8 Å². The van der Waals surface area contributed by atoms with Gasteiger partial charge in [-0.1, -0.05) is 43.0 Å². The molecule has 0 aliphatic carbocycles. The first-order chi connectivity index (χ1) is 16.1. The topological polar surface area (TPSA) is 82.2 Å². The number of carbonyl (C=O) groups is 1. The number of furan rings is 1. The van der Waals surface area contributed by atoms with Crippen LogP contribution in [0.2, 0.25) is 0 Å². The van der Waals surface area contributed by atoms with Gasteiger partial charge >= 0.3 is 0 Å². The molecule has 4 aromatic rings. The molecule has 1 amide bonds. The molecule has 33 heavy (non-hydrogen) atoms. The number of rotatable bonds is 9. The quantitative estimate of drug-likeness (QED) is 0.337. The van der Waals surface area contributed by atoms with Crippen LogP contribution in [-0.2, 0) is 5.75 Å². The third kappa shape index (κ3) is 5.12. The molecule has 7 nitrogen and oxygen atoms in total. The summed E-state index contributed by atoms with van der Waals surface area (Å²) in [5.74, 6) is 2.55. The molecular weight excluding hydrogens is 436 g/mol. The SMILES string of the molecule is CCC(C)NC(=O)c1ccc(CSc2nnc(-c3ccco3)n2-c2ccccc2OC)cc1. The van der Waals surface area contributed by atoms with E-state index in [2.05, 4.69) is 15.5 Å². The zero-order valence-electron chi connectivity index (χ0n) is 18.8. The highest BCUT2D eigenvalue weighted by Gasteiger charge is 2.20. The minimum atomic E-state index is -0.0532. The van der Waals surface area contributed by atoms with Crippen molar-refractivity contribution in [2.75, 3.05) is 7.11 Å². The van der Waals surface area contributed by atoms with Crippen LogP contribution in [0.1, 0.15) is 36.2 Å². The molecule has 0 aliphatic rings. The van der Waals surface area contributed by atoms with Crippen LogP contribution in [0, 0.1) is 0 Å². The van der Waals surface area contributed by atoms with Gasteiger partial charge in [0.2, 0.25) is 5.82 Å². The van der Waals surface area contributed by atoms with Gasteiger partial charge in [-0.2, -0.15) is 0 Å². The number of thioether (sulfide) groups is 1. The largest absolute Gasteiger partial charge is 0.495 e. The van der Waals surface area contributed by atoms with Crippen LogP contribution in [0.5, 0.6) is 5.75 Å². The lowest BCUT2D eigenvalue weighted by Gasteiger charge is -2.13. The minimum absolute atomic E-state index is 0.0532. The van der Waals surface area contributed by atoms with E-state index in [4.69, 9.17) is 9.15 Å². The lowest BCUT2D eigenvalue weighted by Crippen LogP contribution is -2.31. The molecule has 0 radical (unpaired) electrons. The van der Waals surface area contributed by atoms with Gasteiger partial charge in [-0.3, -0.25) is 9.36 Å². The van der Waals surface area contributed by atoms with Crippen LogP contribution in [0.25, 0.3) is 17.3 Å². The Morgan fingerprint density at radius 2 is 1.91 bits per heavy atom. The molecule has 8 heteroatoms. The second-order valence-electron chi connectivity index (χ2n) is 7.56. The molecule has 2 heterocycles. The summed E-state index contributed by atoms with van der Waals surface area (Å²) in [6.07, 6.45) is 2.51. The Kier molecular flexibility index (Phi) is 7.14. The maximum atomic E-state index is 12.3. The van der Waals surface area contributed by atoms with Crippen molar-refractivity contribution in [3.05, 3.63) is 78.1 Å². The molecule has 0 bridgehead atoms. The number of amides is 1. The number of methoxy groups -OCH3 is 1. The van der Waals surface area contributed by atoms with Crippen molar-refractivity contribution in [1.29, 1.82) is 0 Å². The molecule has 1 N–H and O–H groups in total. The summed E-state index contributed by atoms with van der Waals surface area (Å²) in [4.78, 5) is 12.3. The van der Waals surface area contributed by atoms with E-state index in [1.165, 1.54) is 0 Å². The second kappa shape index (κ2) is 10.4. The van der Waals surface area contributed by atoms with Crippen molar-refractivity contribution in [2.24, 2.45) is 0 Å². The van der Waals surface area contributed by atoms with Crippen molar-refractivity contribution in [1.82, 2.24) is 20.1 Å². The van der Waals surface area contributed by atoms with Gasteiger partial charge in [-0.15, -0.1) is 10.2 Å². The smallest absolute Gasteiger partial charge is 0.251 e. The average molecular weight is 463 g/mol. The number of ether oxygens (including phenoxy) is 1. The Hall–Kier alpha value is -3.52. The van der Waals surface area contributed by atoms with Gasteiger partial charge in [-0.25, -0.2) is 0 Å². The summed E-state index contributed by atoms with van der Waals surface area (Å²) in [6.45, 7) is 4.05. The third-order valence-corrected chi connectivity index (χ3v) is 6.28. The number of hydrogen-bond acceptors (Lipinski definition) is 6. The Bertz CT molecular complexity index is 1200. The van der Waals surface area contributed by atoms with Crippen LogP contribution in [0.3, 0.4) is 0 Å². The Morgan fingerprint density at radius 3 is 2.61 bits per heavy atom. The Labute approximate surface area is 197 Å². The van der Waals surface area contributed by atoms with Crippen molar-refractivity contribution in [2.45, 2.75) is 37.2 Å². The zero-order chi connectivity index (χ0) is 23.2. The summed E-state index contributed by atoms with van der Waals surface area (Å²) < 4.78 is 13.1. The van der Waals surface area contributed by atoms with E-state index in [-0.39, 0.29) is 11.9 Å². The van der Waals surface area contributed by atoms with Crippen LogP contribution in [0.15, 0.2) is 76.5 Å². The average Bonchev–Trinajstić information content (AvgIpc) is 3.52. The molecule has 0 fully saturated rings. The maximum Gasteiger partial charge on any atom is 0.251 e. The first kappa shape index (κ1) is 22.7. The van der Waals surface area contributed by atoms with Gasteiger partial charge in [0.15, 0.2) is 10.9 Å². The van der Waals surface area contributed by atoms with Gasteiger partial charge in [-0.05, 0) is 55.3 Å². The molecule has 2 aromatic carbocycles. The lowest BCUT2D eigenvalue weighted by molar-refractivity contribution is 0.0939. The number of carbonyl (C=O) groups excluding carboxylic acids is 1. The molecule has 0 aliphatic heterocycles. The standard InChI is InChI=1S/C25H26N4O3S/c1-4-17(2)26-24(30)19-13-11-18(12-14-19)16-33-25-28-27-23(22-10-7-15-32-22)29(25)20-8-5-6-9-21(20)31-3/h5-15,17H,4,16H2,1-3H3,(H,26,30). The van der Waals surface area contributed by atoms with E-state index in [0.717, 1.165) is 17.7 Å². The highest BCUT2D eigenvalue weighted by atomic mass is 32.2. The van der Waals surface area contributed by atoms with Gasteiger partial charge < -0.3 is 14.5 Å². The number of hydrogen-bond donors (Lipinski definition) is 1. The summed E-state index contributed by atoms with van der Waals surface area (Å²) in [5.41, 5.74) is 2.56. The van der Waals surface area contributed by atoms with Crippen LogP contribution in [0.4, 0.5) is 0 Å². The number of para-hydroxylation sites is 2. The highest BCUT2D eigenvalue weighted by molar-refractivity contribution is 7.98. The fourth-order valence-electron chi connectivity index (χ4n) is 3.27. The van der Waals surface area contributed by atoms with Crippen molar-refractivity contribution in [3.8, 4) is 23.0 Å². The summed E-state index contributed by atoms with van der Waals surface area (Å²) >= 11 is 1.55. The molecule has 0 saturated carbocycles. The number of benzene rings is 2. The van der Waals surface area contributed by atoms with E-state index < -0.39 is 0 Å². The molecule has 1 unspecified atom stereocenters. The van der Waals surface area contributed by atoms with Gasteiger partial charge in [0, 0.05) is 17.4 Å². The van der Waals surface area contributed by atoms with Crippen LogP contribution < -0.4 is 10.1 Å². The Morgan fingerprint density at radius 1 is 1.12 bits per heavy atom. The fraction of sp³-hybridized carbons (Fsp3) is 0.240. The zero-order valence-corrected chi connectivity index (χ0v) is 19.6. The highest BCUT2D eigenvalue weighted by Crippen LogP contribution is 2.33. The number of aromatic nitrogens is 3. The lowest BCUT2D eigenvalue weighted by atomic mass is 10.1. The molecule has 1 atom stereocenters. The third-order valence-electron chi connectivity index (χ3n) is 5.27. The summed E-state index contributed by atoms with van der Waals surface area (Å²) in [5, 5.41) is 12.5. The molecular formula is C25H26N4O3S. The minimum Gasteiger partial charge on any atom is -0.495 e. The maximum absolute atomic E-state index is 12.3. The monoisotopic (exact) mass is 462 g/mol. The molecule has 170 valence electrons. The first-order valence-electron chi connectivity index (χ1n) is 10.8. The Balaban J connectivity index is 1.57. The van der Waals surface area contributed by atoms with E-state index in [1.54, 1.807) is 25.1 Å². The number of nitrogens with zero attached hydrogens (tertiary/aromatic N) is 3. The van der Waals surface area contributed by atoms with Gasteiger partial charge in [0.25, 0.3) is 5.91 Å². The predicted octanol–water partition coefficient (Wildman–Crippen LogP) is 5.36. The number of nitrogens with one attached hydrogen (secondary N) is 1. The molecule has 2 aromatic heterocycles. The van der Waals surface area contributed by atoms with Gasteiger partial charge in [0.05, 0.1) is 19.1 Å². The van der Waals surface area contributed by atoms with E-state index in [0.29, 0.717) is 33.8 Å². The molecule has 4 rings (SSSR count). The van der Waals surface area contributed by atoms with E-state index >= 15 is 0 Å². The molecule has 0 saturated heterocycles. The normalized spacial score (nSPS) is 11.8. The summed E-state index contributed by atoms with van der Waals surface area (Å²) in [6, 6.07) is 19.2. The fourth-order valence-corrected chi connectivity index (χ4v) is 4.17. The first-order valence-corrected chi connectivity index (χ1v) is 11.7. The van der Waals surface area contributed by atoms with Crippen molar-refractivity contribution in [3.63, 3.8) is 0 Å². The van der Waals surface area contributed by atoms with Crippen molar-refractivity contribution < 1.29 is 13.9 Å². The molecule has 0 spiro atoms. The van der Waals surface area contributed by atoms with E-state index in [9.17, 15) is 4.79 Å². The van der Waals surface area contributed by atoms with Crippen molar-refractivity contribution >= 4 is 17.7 Å². The van der Waals surface area contributed by atoms with Crippen LogP contribution >= 0.6 is 11.8 Å². The van der Waals surface area contributed by atoms with Gasteiger partial charge in [0.1, 0.15) is 5.75 Å². The summed E-state index contributed by atoms with van der Waals surface area (Å²) in [7, 11) is 1.64. The predicted molar refractivity (Wildman–Crippen MR) is 129 cm³/mol.